The van der Waals surface area contributed by atoms with E-state index in [1.807, 2.05) is 55.5 Å². The Labute approximate surface area is 142 Å². The average molecular weight is 336 g/mol. The number of hydrogen-bond donors (Lipinski definition) is 1. The van der Waals surface area contributed by atoms with Crippen LogP contribution in [0.4, 0.5) is 5.69 Å². The lowest BCUT2D eigenvalue weighted by Gasteiger charge is -2.13. The predicted octanol–water partition coefficient (Wildman–Crippen LogP) is 4.25. The maximum atomic E-state index is 5.84. The molecule has 124 valence electrons. The van der Waals surface area contributed by atoms with Gasteiger partial charge < -0.3 is 19.5 Å². The Morgan fingerprint density at radius 3 is 2.48 bits per heavy atom. The molecule has 1 N–H and O–H groups in total. The van der Waals surface area contributed by atoms with Gasteiger partial charge in [0.15, 0.2) is 0 Å². The topological polar surface area (TPSA) is 39.7 Å². The molecule has 4 nitrogen and oxygen atoms in total. The summed E-state index contributed by atoms with van der Waals surface area (Å²) in [5.41, 5.74) is 0.948. The van der Waals surface area contributed by atoms with Crippen LogP contribution in [0.3, 0.4) is 0 Å². The summed E-state index contributed by atoms with van der Waals surface area (Å²) >= 11 is 5.84. The smallest absolute Gasteiger partial charge is 0.142 e. The minimum absolute atomic E-state index is 0.536. The van der Waals surface area contributed by atoms with E-state index in [0.717, 1.165) is 17.2 Å². The van der Waals surface area contributed by atoms with Crippen molar-refractivity contribution in [2.75, 3.05) is 38.3 Å². The van der Waals surface area contributed by atoms with Crippen LogP contribution < -0.4 is 14.8 Å². The summed E-state index contributed by atoms with van der Waals surface area (Å²) in [6.45, 7) is 5.02. The first-order valence-corrected chi connectivity index (χ1v) is 8.09. The predicted molar refractivity (Wildman–Crippen MR) is 93.9 cm³/mol. The second-order valence-electron chi connectivity index (χ2n) is 4.77. The van der Waals surface area contributed by atoms with Gasteiger partial charge in [-0.2, -0.15) is 0 Å². The van der Waals surface area contributed by atoms with Crippen molar-refractivity contribution in [3.63, 3.8) is 0 Å². The molecule has 0 heterocycles. The van der Waals surface area contributed by atoms with Gasteiger partial charge in [-0.3, -0.25) is 0 Å². The van der Waals surface area contributed by atoms with E-state index in [4.69, 9.17) is 25.8 Å². The van der Waals surface area contributed by atoms with Crippen LogP contribution in [0.5, 0.6) is 11.5 Å². The Morgan fingerprint density at radius 2 is 1.70 bits per heavy atom. The summed E-state index contributed by atoms with van der Waals surface area (Å²) in [4.78, 5) is 0. The van der Waals surface area contributed by atoms with Gasteiger partial charge in [0.25, 0.3) is 0 Å². The molecule has 0 aliphatic rings. The molecule has 0 radical (unpaired) electrons. The van der Waals surface area contributed by atoms with Gasteiger partial charge in [0, 0.05) is 18.2 Å². The van der Waals surface area contributed by atoms with E-state index in [9.17, 15) is 0 Å². The third-order valence-corrected chi connectivity index (χ3v) is 3.33. The standard InChI is InChI=1S/C18H22ClNO3/c1-2-21-13-14-23-18-6-4-3-5-17(18)20-11-12-22-16-9-7-15(19)8-10-16/h3-10,20H,2,11-14H2,1H3. The van der Waals surface area contributed by atoms with E-state index in [1.54, 1.807) is 0 Å². The van der Waals surface area contributed by atoms with Crippen LogP contribution in [0.25, 0.3) is 0 Å². The Morgan fingerprint density at radius 1 is 0.913 bits per heavy atom. The van der Waals surface area contributed by atoms with Crippen LogP contribution in [-0.2, 0) is 4.74 Å². The highest BCUT2D eigenvalue weighted by molar-refractivity contribution is 6.30. The zero-order valence-electron chi connectivity index (χ0n) is 13.3. The number of nitrogens with one attached hydrogen (secondary N) is 1. The van der Waals surface area contributed by atoms with Crippen molar-refractivity contribution in [1.29, 1.82) is 0 Å². The molecule has 0 saturated carbocycles. The maximum Gasteiger partial charge on any atom is 0.142 e. The van der Waals surface area contributed by atoms with E-state index in [1.165, 1.54) is 0 Å². The fraction of sp³-hybridized carbons (Fsp3) is 0.333. The monoisotopic (exact) mass is 335 g/mol. The molecule has 2 aromatic carbocycles. The number of halogens is 1. The van der Waals surface area contributed by atoms with Crippen LogP contribution in [0.2, 0.25) is 5.02 Å². The van der Waals surface area contributed by atoms with Crippen molar-refractivity contribution < 1.29 is 14.2 Å². The Bertz CT molecular complexity index is 575. The quantitative estimate of drug-likeness (QED) is 0.659. The highest BCUT2D eigenvalue weighted by Gasteiger charge is 2.02. The van der Waals surface area contributed by atoms with Crippen LogP contribution in [-0.4, -0.2) is 33.0 Å². The minimum atomic E-state index is 0.536. The van der Waals surface area contributed by atoms with Crippen LogP contribution >= 0.6 is 11.6 Å². The van der Waals surface area contributed by atoms with Gasteiger partial charge in [-0.25, -0.2) is 0 Å². The molecule has 0 fully saturated rings. The van der Waals surface area contributed by atoms with Crippen molar-refractivity contribution in [3.8, 4) is 11.5 Å². The summed E-state index contributed by atoms with van der Waals surface area (Å²) in [5.74, 6) is 1.62. The van der Waals surface area contributed by atoms with E-state index < -0.39 is 0 Å². The van der Waals surface area contributed by atoms with Gasteiger partial charge in [0.1, 0.15) is 24.7 Å². The van der Waals surface area contributed by atoms with Crippen LogP contribution in [0.1, 0.15) is 6.92 Å². The molecule has 0 atom stereocenters. The summed E-state index contributed by atoms with van der Waals surface area (Å²) in [6.07, 6.45) is 0. The first-order valence-electron chi connectivity index (χ1n) is 7.71. The number of para-hydroxylation sites is 2. The Balaban J connectivity index is 1.75. The lowest BCUT2D eigenvalue weighted by Crippen LogP contribution is -2.13. The largest absolute Gasteiger partial charge is 0.492 e. The third-order valence-electron chi connectivity index (χ3n) is 3.08. The molecule has 0 saturated heterocycles. The molecule has 0 bridgehead atoms. The van der Waals surface area contributed by atoms with Gasteiger partial charge in [0.2, 0.25) is 0 Å². The van der Waals surface area contributed by atoms with Gasteiger partial charge in [-0.15, -0.1) is 0 Å². The van der Waals surface area contributed by atoms with Gasteiger partial charge in [-0.1, -0.05) is 23.7 Å². The normalized spacial score (nSPS) is 10.3. The van der Waals surface area contributed by atoms with Crippen molar-refractivity contribution in [3.05, 3.63) is 53.6 Å². The number of ether oxygens (including phenoxy) is 3. The van der Waals surface area contributed by atoms with Crippen LogP contribution in [0, 0.1) is 0 Å². The lowest BCUT2D eigenvalue weighted by molar-refractivity contribution is 0.110. The SMILES string of the molecule is CCOCCOc1ccccc1NCCOc1ccc(Cl)cc1. The Hall–Kier alpha value is -1.91. The molecule has 0 aliphatic heterocycles. The third kappa shape index (κ3) is 6.38. The lowest BCUT2D eigenvalue weighted by atomic mass is 10.3. The first-order chi connectivity index (χ1) is 11.3. The molecule has 2 aromatic rings. The van der Waals surface area contributed by atoms with Crippen molar-refractivity contribution in [2.45, 2.75) is 6.92 Å². The number of benzene rings is 2. The molecular formula is C18H22ClNO3. The Kier molecular flexibility index (Phi) is 7.57. The maximum absolute atomic E-state index is 5.84. The van der Waals surface area contributed by atoms with Crippen LogP contribution in [0.15, 0.2) is 48.5 Å². The second kappa shape index (κ2) is 9.98. The molecule has 23 heavy (non-hydrogen) atoms. The first kappa shape index (κ1) is 17.4. The molecule has 0 amide bonds. The number of rotatable bonds is 10. The number of hydrogen-bond acceptors (Lipinski definition) is 4. The van der Waals surface area contributed by atoms with Gasteiger partial charge in [0.05, 0.1) is 12.3 Å². The minimum Gasteiger partial charge on any atom is -0.492 e. The highest BCUT2D eigenvalue weighted by Crippen LogP contribution is 2.23. The van der Waals surface area contributed by atoms with Crippen molar-refractivity contribution in [2.24, 2.45) is 0 Å². The zero-order chi connectivity index (χ0) is 16.3. The molecule has 0 unspecified atom stereocenters. The number of anilines is 1. The fourth-order valence-corrected chi connectivity index (χ4v) is 2.10. The summed E-state index contributed by atoms with van der Waals surface area (Å²) < 4.78 is 16.7. The highest BCUT2D eigenvalue weighted by atomic mass is 35.5. The second-order valence-corrected chi connectivity index (χ2v) is 5.21. The molecule has 2 rings (SSSR count). The molecular weight excluding hydrogens is 314 g/mol. The van der Waals surface area contributed by atoms with Crippen molar-refractivity contribution >= 4 is 17.3 Å². The zero-order valence-corrected chi connectivity index (χ0v) is 14.0. The van der Waals surface area contributed by atoms with E-state index >= 15 is 0 Å². The van der Waals surface area contributed by atoms with Gasteiger partial charge >= 0.3 is 0 Å². The van der Waals surface area contributed by atoms with Crippen molar-refractivity contribution in [1.82, 2.24) is 0 Å². The molecule has 0 aromatic heterocycles. The summed E-state index contributed by atoms with van der Waals surface area (Å²) in [5, 5.41) is 4.02. The molecule has 0 aliphatic carbocycles. The van der Waals surface area contributed by atoms with E-state index in [2.05, 4.69) is 5.32 Å². The molecule has 0 spiro atoms. The van der Waals surface area contributed by atoms with E-state index in [-0.39, 0.29) is 0 Å². The summed E-state index contributed by atoms with van der Waals surface area (Å²) in [6, 6.07) is 15.2. The fourth-order valence-electron chi connectivity index (χ4n) is 1.98. The summed E-state index contributed by atoms with van der Waals surface area (Å²) in [7, 11) is 0. The van der Waals surface area contributed by atoms with Gasteiger partial charge in [-0.05, 0) is 43.3 Å². The van der Waals surface area contributed by atoms with E-state index in [0.29, 0.717) is 38.0 Å². The average Bonchev–Trinajstić information content (AvgIpc) is 2.58. The molecule has 5 heteroatoms.